The summed E-state index contributed by atoms with van der Waals surface area (Å²) in [5.74, 6) is 0.270. The Balaban J connectivity index is 1.41. The highest BCUT2D eigenvalue weighted by atomic mass is 32.2. The van der Waals surface area contributed by atoms with Crippen molar-refractivity contribution in [2.45, 2.75) is 57.7 Å². The van der Waals surface area contributed by atoms with Crippen LogP contribution in [0.1, 0.15) is 53.8 Å². The van der Waals surface area contributed by atoms with Crippen molar-refractivity contribution in [3.63, 3.8) is 0 Å². The number of carbonyl (C=O) groups is 1. The third kappa shape index (κ3) is 4.96. The van der Waals surface area contributed by atoms with E-state index < -0.39 is 0 Å². The molecule has 5 rings (SSSR count). The molecule has 0 atom stereocenters. The average molecular weight is 498 g/mol. The second-order valence-corrected chi connectivity index (χ2v) is 10.3. The molecule has 1 aliphatic carbocycles. The number of carbonyl (C=O) groups excluding carboxylic acids is 1. The maximum Gasteiger partial charge on any atom is 0.262 e. The molecule has 0 fully saturated rings. The molecule has 6 heteroatoms. The van der Waals surface area contributed by atoms with Crippen LogP contribution >= 0.6 is 11.8 Å². The molecular formula is C30H31N3O2S. The van der Waals surface area contributed by atoms with Gasteiger partial charge in [0.2, 0.25) is 0 Å². The lowest BCUT2D eigenvalue weighted by molar-refractivity contribution is 0.102. The lowest BCUT2D eigenvalue weighted by atomic mass is 9.97. The molecule has 184 valence electrons. The Hall–Kier alpha value is -3.38. The van der Waals surface area contributed by atoms with Crippen LogP contribution in [0.15, 0.2) is 82.3 Å². The van der Waals surface area contributed by atoms with Gasteiger partial charge in [0.15, 0.2) is 10.9 Å². The number of Topliss-reactive ketones (excluding diaryl/α,β-unsaturated/α-hetero) is 1. The van der Waals surface area contributed by atoms with E-state index in [2.05, 4.69) is 10.6 Å². The van der Waals surface area contributed by atoms with Crippen LogP contribution in [-0.2, 0) is 6.54 Å². The Kier molecular flexibility index (Phi) is 7.23. The summed E-state index contributed by atoms with van der Waals surface area (Å²) < 4.78 is 3.88. The van der Waals surface area contributed by atoms with Crippen LogP contribution in [0.4, 0.5) is 0 Å². The van der Waals surface area contributed by atoms with Gasteiger partial charge in [0.1, 0.15) is 0 Å². The fourth-order valence-electron chi connectivity index (χ4n) is 5.07. The van der Waals surface area contributed by atoms with Crippen LogP contribution in [0, 0.1) is 13.8 Å². The van der Waals surface area contributed by atoms with Gasteiger partial charge >= 0.3 is 0 Å². The number of thioether (sulfide) groups is 1. The van der Waals surface area contributed by atoms with E-state index in [0.717, 1.165) is 36.3 Å². The smallest absolute Gasteiger partial charge is 0.262 e. The third-order valence-electron chi connectivity index (χ3n) is 6.95. The van der Waals surface area contributed by atoms with Crippen molar-refractivity contribution >= 4 is 28.4 Å². The molecule has 4 aromatic rings. The van der Waals surface area contributed by atoms with Gasteiger partial charge in [-0.25, -0.2) is 4.98 Å². The summed E-state index contributed by atoms with van der Waals surface area (Å²) >= 11 is 1.36. The monoisotopic (exact) mass is 497 g/mol. The van der Waals surface area contributed by atoms with E-state index in [4.69, 9.17) is 4.98 Å². The van der Waals surface area contributed by atoms with Gasteiger partial charge in [-0.15, -0.1) is 0 Å². The van der Waals surface area contributed by atoms with Gasteiger partial charge in [0.25, 0.3) is 5.56 Å². The lowest BCUT2D eigenvalue weighted by Crippen LogP contribution is -2.24. The topological polar surface area (TPSA) is 56.9 Å². The first-order valence-corrected chi connectivity index (χ1v) is 13.6. The SMILES string of the molecule is Cc1cc(C(=O)CSc2nc3ccccc3c(=O)n2CCC2=CCCCC2)c(C)n1-c1ccccc1. The summed E-state index contributed by atoms with van der Waals surface area (Å²) in [5.41, 5.74) is 5.77. The van der Waals surface area contributed by atoms with Crippen LogP contribution in [0.2, 0.25) is 0 Å². The largest absolute Gasteiger partial charge is 0.318 e. The van der Waals surface area contributed by atoms with Gasteiger partial charge in [-0.3, -0.25) is 14.2 Å². The molecule has 36 heavy (non-hydrogen) atoms. The first kappa shape index (κ1) is 24.3. The average Bonchev–Trinajstić information content (AvgIpc) is 3.21. The molecule has 0 N–H and O–H groups in total. The van der Waals surface area contributed by atoms with Crippen LogP contribution in [0.5, 0.6) is 0 Å². The Bertz CT molecular complexity index is 1500. The van der Waals surface area contributed by atoms with Crippen molar-refractivity contribution < 1.29 is 4.79 Å². The minimum absolute atomic E-state index is 0.0331. The van der Waals surface area contributed by atoms with Crippen LogP contribution < -0.4 is 5.56 Å². The quantitative estimate of drug-likeness (QED) is 0.118. The number of aromatic nitrogens is 3. The summed E-state index contributed by atoms with van der Waals surface area (Å²) in [6.07, 6.45) is 7.86. The van der Waals surface area contributed by atoms with E-state index in [-0.39, 0.29) is 17.1 Å². The Labute approximate surface area is 215 Å². The molecule has 1 aliphatic rings. The van der Waals surface area contributed by atoms with E-state index in [1.807, 2.05) is 74.5 Å². The van der Waals surface area contributed by atoms with E-state index in [1.54, 1.807) is 4.57 Å². The van der Waals surface area contributed by atoms with E-state index in [0.29, 0.717) is 28.2 Å². The fraction of sp³-hybridized carbons (Fsp3) is 0.300. The van der Waals surface area contributed by atoms with Crippen molar-refractivity contribution in [1.82, 2.24) is 14.1 Å². The van der Waals surface area contributed by atoms with E-state index in [1.165, 1.54) is 30.2 Å². The zero-order valence-electron chi connectivity index (χ0n) is 20.9. The molecular weight excluding hydrogens is 466 g/mol. The number of hydrogen-bond donors (Lipinski definition) is 0. The Morgan fingerprint density at radius 1 is 1.03 bits per heavy atom. The molecule has 0 bridgehead atoms. The lowest BCUT2D eigenvalue weighted by Gasteiger charge is -2.16. The molecule has 2 heterocycles. The highest BCUT2D eigenvalue weighted by molar-refractivity contribution is 7.99. The number of fused-ring (bicyclic) bond motifs is 1. The molecule has 0 radical (unpaired) electrons. The number of allylic oxidation sites excluding steroid dienone is 2. The second kappa shape index (κ2) is 10.7. The van der Waals surface area contributed by atoms with Crippen molar-refractivity contribution in [2.24, 2.45) is 0 Å². The predicted octanol–water partition coefficient (Wildman–Crippen LogP) is 6.67. The normalized spacial score (nSPS) is 13.7. The Morgan fingerprint density at radius 2 is 1.81 bits per heavy atom. The summed E-state index contributed by atoms with van der Waals surface area (Å²) in [7, 11) is 0. The molecule has 5 nitrogen and oxygen atoms in total. The third-order valence-corrected chi connectivity index (χ3v) is 7.92. The molecule has 2 aromatic heterocycles. The predicted molar refractivity (Wildman–Crippen MR) is 147 cm³/mol. The van der Waals surface area contributed by atoms with Crippen LogP contribution in [-0.4, -0.2) is 25.7 Å². The number of hydrogen-bond acceptors (Lipinski definition) is 4. The highest BCUT2D eigenvalue weighted by Crippen LogP contribution is 2.26. The number of ketones is 1. The molecule has 0 saturated carbocycles. The van der Waals surface area contributed by atoms with Crippen molar-refractivity contribution in [3.05, 3.63) is 99.6 Å². The number of nitrogens with zero attached hydrogens (tertiary/aromatic N) is 3. The molecule has 2 aromatic carbocycles. The summed E-state index contributed by atoms with van der Waals surface area (Å²) in [4.78, 5) is 31.5. The van der Waals surface area contributed by atoms with Gasteiger partial charge < -0.3 is 4.57 Å². The van der Waals surface area contributed by atoms with Crippen LogP contribution in [0.25, 0.3) is 16.6 Å². The maximum absolute atomic E-state index is 13.4. The number of aryl methyl sites for hydroxylation is 1. The maximum atomic E-state index is 13.4. The molecule has 0 unspecified atom stereocenters. The van der Waals surface area contributed by atoms with Crippen molar-refractivity contribution in [2.75, 3.05) is 5.75 Å². The molecule has 0 aliphatic heterocycles. The summed E-state index contributed by atoms with van der Waals surface area (Å²) in [5, 5.41) is 1.23. The summed E-state index contributed by atoms with van der Waals surface area (Å²) in [6, 6.07) is 19.5. The Morgan fingerprint density at radius 3 is 2.58 bits per heavy atom. The zero-order chi connectivity index (χ0) is 25.1. The minimum atomic E-state index is -0.0331. The van der Waals surface area contributed by atoms with Crippen LogP contribution in [0.3, 0.4) is 0 Å². The van der Waals surface area contributed by atoms with E-state index >= 15 is 0 Å². The van der Waals surface area contributed by atoms with Gasteiger partial charge in [0.05, 0.1) is 16.7 Å². The summed E-state index contributed by atoms with van der Waals surface area (Å²) in [6.45, 7) is 4.59. The molecule has 0 saturated heterocycles. The highest BCUT2D eigenvalue weighted by Gasteiger charge is 2.19. The van der Waals surface area contributed by atoms with Gasteiger partial charge in [0, 0.05) is 29.2 Å². The fourth-order valence-corrected chi connectivity index (χ4v) is 5.98. The van der Waals surface area contributed by atoms with Gasteiger partial charge in [-0.1, -0.05) is 53.7 Å². The zero-order valence-corrected chi connectivity index (χ0v) is 21.7. The number of para-hydroxylation sites is 2. The molecule has 0 spiro atoms. The van der Waals surface area contributed by atoms with Crippen molar-refractivity contribution in [1.29, 1.82) is 0 Å². The number of benzene rings is 2. The number of rotatable bonds is 8. The van der Waals surface area contributed by atoms with Crippen molar-refractivity contribution in [3.8, 4) is 5.69 Å². The second-order valence-electron chi connectivity index (χ2n) is 9.39. The van der Waals surface area contributed by atoms with Gasteiger partial charge in [-0.05, 0) is 76.3 Å². The van der Waals surface area contributed by atoms with Gasteiger partial charge in [-0.2, -0.15) is 0 Å². The minimum Gasteiger partial charge on any atom is -0.318 e. The van der Waals surface area contributed by atoms with E-state index in [9.17, 15) is 9.59 Å². The first-order valence-electron chi connectivity index (χ1n) is 12.6. The standard InChI is InChI=1S/C30H31N3O2S/c1-21-19-26(22(2)33(21)24-13-7-4-8-14-24)28(34)20-36-30-31-27-16-10-9-15-25(27)29(35)32(30)18-17-23-11-5-3-6-12-23/h4,7-11,13-16,19H,3,5-6,12,17-18,20H2,1-2H3. The first-order chi connectivity index (χ1) is 17.5. The molecule has 0 amide bonds.